The molecule has 0 unspecified atom stereocenters. The first-order valence-electron chi connectivity index (χ1n) is 5.06. The Morgan fingerprint density at radius 3 is 3.12 bits per heavy atom. The molecule has 0 atom stereocenters. The van der Waals surface area contributed by atoms with Crippen molar-refractivity contribution in [3.05, 3.63) is 28.5 Å². The van der Waals surface area contributed by atoms with E-state index >= 15 is 0 Å². The highest BCUT2D eigenvalue weighted by Gasteiger charge is 2.09. The van der Waals surface area contributed by atoms with Crippen molar-refractivity contribution in [3.63, 3.8) is 0 Å². The maximum Gasteiger partial charge on any atom is 0.270 e. The quantitative estimate of drug-likeness (QED) is 0.756. The zero-order chi connectivity index (χ0) is 12.1. The fourth-order valence-corrected chi connectivity index (χ4v) is 1.89. The van der Waals surface area contributed by atoms with Crippen LogP contribution < -0.4 is 11.1 Å². The van der Waals surface area contributed by atoms with Crippen LogP contribution in [0.15, 0.2) is 17.8 Å². The van der Waals surface area contributed by atoms with Crippen molar-refractivity contribution in [2.45, 2.75) is 13.1 Å². The molecule has 0 saturated carbocycles. The lowest BCUT2D eigenvalue weighted by atomic mass is 10.4. The molecule has 2 aromatic heterocycles. The van der Waals surface area contributed by atoms with Gasteiger partial charge < -0.3 is 11.1 Å². The Morgan fingerprint density at radius 1 is 1.59 bits per heavy atom. The Balaban J connectivity index is 1.81. The first-order chi connectivity index (χ1) is 8.29. The number of hydrogen-bond donors (Lipinski definition) is 2. The van der Waals surface area contributed by atoms with Crippen LogP contribution in [0.5, 0.6) is 0 Å². The molecule has 2 heterocycles. The molecule has 3 N–H and O–H groups in total. The third-order valence-corrected chi connectivity index (χ3v) is 2.93. The lowest BCUT2D eigenvalue weighted by molar-refractivity contribution is 0.0947. The maximum absolute atomic E-state index is 11.6. The van der Waals surface area contributed by atoms with Gasteiger partial charge in [0.25, 0.3) is 5.91 Å². The first kappa shape index (κ1) is 11.7. The Morgan fingerprint density at radius 2 is 2.47 bits per heavy atom. The summed E-state index contributed by atoms with van der Waals surface area (Å²) in [5.41, 5.74) is 5.84. The van der Waals surface area contributed by atoms with Crippen LogP contribution >= 0.6 is 11.3 Å². The van der Waals surface area contributed by atoms with Gasteiger partial charge in [-0.3, -0.25) is 9.48 Å². The molecule has 0 aliphatic carbocycles. The smallest absolute Gasteiger partial charge is 0.270 e. The number of hydrogen-bond acceptors (Lipinski definition) is 6. The maximum atomic E-state index is 11.6. The highest BCUT2D eigenvalue weighted by molar-refractivity contribution is 7.09. The van der Waals surface area contributed by atoms with Crippen LogP contribution in [0.2, 0.25) is 0 Å². The third-order valence-electron chi connectivity index (χ3n) is 2.06. The Bertz CT molecular complexity index is 479. The number of carbonyl (C=O) groups excluding carboxylic acids is 1. The molecule has 0 aliphatic rings. The van der Waals surface area contributed by atoms with Crippen LogP contribution in [0.4, 0.5) is 0 Å². The molecular weight excluding hydrogens is 240 g/mol. The standard InChI is InChI=1S/C9H12N6OS/c10-5-8-13-7(6-17-8)9(16)11-1-3-15-4-2-12-14-15/h2,4,6H,1,3,5,10H2,(H,11,16). The molecule has 7 nitrogen and oxygen atoms in total. The molecule has 0 radical (unpaired) electrons. The summed E-state index contributed by atoms with van der Waals surface area (Å²) in [6.45, 7) is 1.42. The number of carbonyl (C=O) groups is 1. The summed E-state index contributed by atoms with van der Waals surface area (Å²) < 4.78 is 1.65. The highest BCUT2D eigenvalue weighted by Crippen LogP contribution is 2.08. The number of nitrogens with two attached hydrogens (primary N) is 1. The van der Waals surface area contributed by atoms with Crippen LogP contribution in [0, 0.1) is 0 Å². The van der Waals surface area contributed by atoms with Crippen molar-refractivity contribution in [3.8, 4) is 0 Å². The van der Waals surface area contributed by atoms with Crippen molar-refractivity contribution in [1.29, 1.82) is 0 Å². The summed E-state index contributed by atoms with van der Waals surface area (Å²) in [7, 11) is 0. The van der Waals surface area contributed by atoms with Gasteiger partial charge in [-0.05, 0) is 0 Å². The molecule has 0 saturated heterocycles. The molecule has 0 spiro atoms. The van der Waals surface area contributed by atoms with E-state index < -0.39 is 0 Å². The molecule has 2 aromatic rings. The van der Waals surface area contributed by atoms with E-state index in [-0.39, 0.29) is 5.91 Å². The fraction of sp³-hybridized carbons (Fsp3) is 0.333. The summed E-state index contributed by atoms with van der Waals surface area (Å²) in [6.07, 6.45) is 3.33. The van der Waals surface area contributed by atoms with Gasteiger partial charge in [0.15, 0.2) is 0 Å². The van der Waals surface area contributed by atoms with Gasteiger partial charge in [0.1, 0.15) is 10.7 Å². The highest BCUT2D eigenvalue weighted by atomic mass is 32.1. The Hall–Kier alpha value is -1.80. The van der Waals surface area contributed by atoms with E-state index in [1.807, 2.05) is 0 Å². The van der Waals surface area contributed by atoms with Crippen LogP contribution in [0.3, 0.4) is 0 Å². The Kier molecular flexibility index (Phi) is 3.78. The summed E-state index contributed by atoms with van der Waals surface area (Å²) in [4.78, 5) is 15.7. The minimum absolute atomic E-state index is 0.193. The van der Waals surface area contributed by atoms with Crippen LogP contribution in [-0.2, 0) is 13.1 Å². The van der Waals surface area contributed by atoms with Gasteiger partial charge in [-0.15, -0.1) is 16.4 Å². The van der Waals surface area contributed by atoms with Gasteiger partial charge in [0, 0.05) is 24.7 Å². The van der Waals surface area contributed by atoms with Crippen molar-refractivity contribution in [2.24, 2.45) is 5.73 Å². The van der Waals surface area contributed by atoms with Crippen LogP contribution in [0.1, 0.15) is 15.5 Å². The molecule has 0 aliphatic heterocycles. The minimum atomic E-state index is -0.193. The number of amides is 1. The summed E-state index contributed by atoms with van der Waals surface area (Å²) in [5, 5.41) is 12.7. The summed E-state index contributed by atoms with van der Waals surface area (Å²) >= 11 is 1.38. The van der Waals surface area contributed by atoms with Crippen LogP contribution in [-0.4, -0.2) is 32.4 Å². The molecule has 8 heteroatoms. The summed E-state index contributed by atoms with van der Waals surface area (Å²) in [6, 6.07) is 0. The van der Waals surface area contributed by atoms with Crippen molar-refractivity contribution in [2.75, 3.05) is 6.54 Å². The number of nitrogens with one attached hydrogen (secondary N) is 1. The van der Waals surface area contributed by atoms with Gasteiger partial charge in [-0.2, -0.15) is 0 Å². The second kappa shape index (κ2) is 5.51. The van der Waals surface area contributed by atoms with Crippen molar-refractivity contribution >= 4 is 17.2 Å². The second-order valence-corrected chi connectivity index (χ2v) is 4.20. The van der Waals surface area contributed by atoms with E-state index in [0.29, 0.717) is 25.3 Å². The third kappa shape index (κ3) is 3.08. The minimum Gasteiger partial charge on any atom is -0.349 e. The van der Waals surface area contributed by atoms with E-state index in [9.17, 15) is 4.79 Å². The zero-order valence-electron chi connectivity index (χ0n) is 9.04. The van der Waals surface area contributed by atoms with Crippen LogP contribution in [0.25, 0.3) is 0 Å². The SMILES string of the molecule is NCc1nc(C(=O)NCCn2ccnn2)cs1. The van der Waals surface area contributed by atoms with Gasteiger partial charge in [-0.25, -0.2) is 4.98 Å². The molecule has 0 fully saturated rings. The predicted molar refractivity (Wildman–Crippen MR) is 62.4 cm³/mol. The topological polar surface area (TPSA) is 98.7 Å². The van der Waals surface area contributed by atoms with Gasteiger partial charge in [0.05, 0.1) is 12.7 Å². The Labute approximate surface area is 102 Å². The van der Waals surface area contributed by atoms with E-state index in [4.69, 9.17) is 5.73 Å². The zero-order valence-corrected chi connectivity index (χ0v) is 9.85. The lowest BCUT2D eigenvalue weighted by Gasteiger charge is -2.02. The van der Waals surface area contributed by atoms with E-state index in [2.05, 4.69) is 20.6 Å². The predicted octanol–water partition coefficient (Wildman–Crippen LogP) is -0.377. The van der Waals surface area contributed by atoms with Gasteiger partial charge >= 0.3 is 0 Å². The van der Waals surface area contributed by atoms with E-state index in [1.165, 1.54) is 11.3 Å². The van der Waals surface area contributed by atoms with Gasteiger partial charge in [-0.1, -0.05) is 5.21 Å². The molecular formula is C9H12N6OS. The van der Waals surface area contributed by atoms with E-state index in [0.717, 1.165) is 5.01 Å². The molecule has 90 valence electrons. The van der Waals surface area contributed by atoms with Gasteiger partial charge in [0.2, 0.25) is 0 Å². The summed E-state index contributed by atoms with van der Waals surface area (Å²) in [5.74, 6) is -0.193. The molecule has 0 bridgehead atoms. The number of nitrogens with zero attached hydrogens (tertiary/aromatic N) is 4. The van der Waals surface area contributed by atoms with Crippen molar-refractivity contribution < 1.29 is 4.79 Å². The molecule has 1 amide bonds. The fourth-order valence-electron chi connectivity index (χ4n) is 1.24. The number of rotatable bonds is 5. The lowest BCUT2D eigenvalue weighted by Crippen LogP contribution is -2.27. The monoisotopic (exact) mass is 252 g/mol. The second-order valence-electron chi connectivity index (χ2n) is 3.25. The largest absolute Gasteiger partial charge is 0.349 e. The average Bonchev–Trinajstić information content (AvgIpc) is 2.99. The first-order valence-corrected chi connectivity index (χ1v) is 5.94. The molecule has 0 aromatic carbocycles. The number of aromatic nitrogens is 4. The molecule has 2 rings (SSSR count). The molecule has 17 heavy (non-hydrogen) atoms. The van der Waals surface area contributed by atoms with Crippen molar-refractivity contribution in [1.82, 2.24) is 25.3 Å². The normalized spacial score (nSPS) is 10.4. The average molecular weight is 252 g/mol. The number of thiazole rings is 1. The van der Waals surface area contributed by atoms with E-state index in [1.54, 1.807) is 22.5 Å².